The van der Waals surface area contributed by atoms with Crippen LogP contribution in [0, 0.1) is 6.92 Å². The normalized spacial score (nSPS) is 10.4. The van der Waals surface area contributed by atoms with Gasteiger partial charge >= 0.3 is 5.97 Å². The Morgan fingerprint density at radius 3 is 2.81 bits per heavy atom. The van der Waals surface area contributed by atoms with Gasteiger partial charge in [0, 0.05) is 18.9 Å². The molecule has 0 saturated heterocycles. The van der Waals surface area contributed by atoms with E-state index in [4.69, 9.17) is 5.11 Å². The highest BCUT2D eigenvalue weighted by molar-refractivity contribution is 5.93. The Bertz CT molecular complexity index is 546. The second-order valence-corrected chi connectivity index (χ2v) is 3.53. The fraction of sp³-hybridized carbons (Fsp3) is 0.182. The van der Waals surface area contributed by atoms with Crippen LogP contribution in [0.5, 0.6) is 0 Å². The van der Waals surface area contributed by atoms with Crippen LogP contribution in [0.1, 0.15) is 16.2 Å². The summed E-state index contributed by atoms with van der Waals surface area (Å²) in [5.74, 6) is -1.04. The van der Waals surface area contributed by atoms with E-state index in [2.05, 4.69) is 10.1 Å². The first-order chi connectivity index (χ1) is 7.58. The third-order valence-electron chi connectivity index (χ3n) is 2.20. The summed E-state index contributed by atoms with van der Waals surface area (Å²) < 4.78 is 1.48. The summed E-state index contributed by atoms with van der Waals surface area (Å²) in [6.45, 7) is 1.86. The summed E-state index contributed by atoms with van der Waals surface area (Å²) in [6, 6.07) is 5.48. The van der Waals surface area contributed by atoms with E-state index >= 15 is 0 Å². The molecule has 2 aromatic rings. The lowest BCUT2D eigenvalue weighted by Gasteiger charge is -1.99. The minimum Gasteiger partial charge on any atom is -0.476 e. The molecule has 0 bridgehead atoms. The van der Waals surface area contributed by atoms with E-state index < -0.39 is 5.97 Å². The SMILES string of the molecule is Cc1cccc(-c2cn(C)nc2C(=O)O)n1. The van der Waals surface area contributed by atoms with Crippen molar-refractivity contribution in [3.05, 3.63) is 35.8 Å². The zero-order valence-electron chi connectivity index (χ0n) is 9.01. The van der Waals surface area contributed by atoms with Crippen molar-refractivity contribution >= 4 is 5.97 Å². The van der Waals surface area contributed by atoms with Gasteiger partial charge in [-0.1, -0.05) is 6.07 Å². The molecule has 0 aliphatic rings. The molecule has 82 valence electrons. The largest absolute Gasteiger partial charge is 0.476 e. The topological polar surface area (TPSA) is 68.0 Å². The summed E-state index contributed by atoms with van der Waals surface area (Å²) >= 11 is 0. The molecule has 2 rings (SSSR count). The number of aromatic carboxylic acids is 1. The standard InChI is InChI=1S/C11H11N3O2/c1-7-4-3-5-9(12-7)8-6-14(2)13-10(8)11(15)16/h3-6H,1-2H3,(H,15,16). The van der Waals surface area contributed by atoms with E-state index in [1.165, 1.54) is 4.68 Å². The number of rotatable bonds is 2. The van der Waals surface area contributed by atoms with Gasteiger partial charge in [0.1, 0.15) is 0 Å². The molecule has 0 amide bonds. The molecule has 5 heteroatoms. The Morgan fingerprint density at radius 2 is 2.19 bits per heavy atom. The van der Waals surface area contributed by atoms with Crippen LogP contribution in [0.15, 0.2) is 24.4 Å². The van der Waals surface area contributed by atoms with E-state index in [9.17, 15) is 4.79 Å². The van der Waals surface area contributed by atoms with E-state index in [0.29, 0.717) is 11.3 Å². The van der Waals surface area contributed by atoms with Crippen molar-refractivity contribution in [3.63, 3.8) is 0 Å². The minimum absolute atomic E-state index is 0.0283. The zero-order chi connectivity index (χ0) is 11.7. The first-order valence-electron chi connectivity index (χ1n) is 4.79. The third-order valence-corrected chi connectivity index (χ3v) is 2.20. The van der Waals surface area contributed by atoms with Crippen molar-refractivity contribution in [1.82, 2.24) is 14.8 Å². The minimum atomic E-state index is -1.04. The number of carboxylic acids is 1. The first kappa shape index (κ1) is 10.4. The Morgan fingerprint density at radius 1 is 1.44 bits per heavy atom. The lowest BCUT2D eigenvalue weighted by molar-refractivity contribution is 0.0690. The van der Waals surface area contributed by atoms with Crippen molar-refractivity contribution in [2.75, 3.05) is 0 Å². The van der Waals surface area contributed by atoms with E-state index in [-0.39, 0.29) is 5.69 Å². The Labute approximate surface area is 92.4 Å². The molecule has 0 atom stereocenters. The zero-order valence-corrected chi connectivity index (χ0v) is 9.01. The fourth-order valence-electron chi connectivity index (χ4n) is 1.53. The third kappa shape index (κ3) is 1.79. The van der Waals surface area contributed by atoms with Crippen molar-refractivity contribution < 1.29 is 9.90 Å². The highest BCUT2D eigenvalue weighted by Crippen LogP contribution is 2.20. The average molecular weight is 217 g/mol. The number of aryl methyl sites for hydroxylation is 2. The first-order valence-corrected chi connectivity index (χ1v) is 4.79. The van der Waals surface area contributed by atoms with Crippen LogP contribution in [-0.2, 0) is 7.05 Å². The number of nitrogens with zero attached hydrogens (tertiary/aromatic N) is 3. The lowest BCUT2D eigenvalue weighted by atomic mass is 10.1. The predicted molar refractivity (Wildman–Crippen MR) is 58.1 cm³/mol. The highest BCUT2D eigenvalue weighted by Gasteiger charge is 2.16. The van der Waals surface area contributed by atoms with Crippen LogP contribution in [0.2, 0.25) is 0 Å². The van der Waals surface area contributed by atoms with Gasteiger partial charge < -0.3 is 5.11 Å². The molecule has 0 aromatic carbocycles. The summed E-state index contributed by atoms with van der Waals surface area (Å²) in [7, 11) is 1.69. The van der Waals surface area contributed by atoms with Gasteiger partial charge in [0.15, 0.2) is 5.69 Å². The number of pyridine rings is 1. The molecular weight excluding hydrogens is 206 g/mol. The van der Waals surface area contributed by atoms with Gasteiger partial charge in [-0.3, -0.25) is 9.67 Å². The van der Waals surface area contributed by atoms with Crippen LogP contribution < -0.4 is 0 Å². The van der Waals surface area contributed by atoms with Gasteiger partial charge in [0.25, 0.3) is 0 Å². The van der Waals surface area contributed by atoms with E-state index in [1.807, 2.05) is 19.1 Å². The molecule has 0 aliphatic heterocycles. The predicted octanol–water partition coefficient (Wildman–Crippen LogP) is 1.49. The summed E-state index contributed by atoms with van der Waals surface area (Å²) in [4.78, 5) is 15.3. The molecule has 2 heterocycles. The average Bonchev–Trinajstić information content (AvgIpc) is 2.60. The highest BCUT2D eigenvalue weighted by atomic mass is 16.4. The maximum atomic E-state index is 11.0. The molecule has 16 heavy (non-hydrogen) atoms. The van der Waals surface area contributed by atoms with E-state index in [1.54, 1.807) is 19.3 Å². The van der Waals surface area contributed by atoms with Gasteiger partial charge in [-0.05, 0) is 19.1 Å². The quantitative estimate of drug-likeness (QED) is 0.827. The summed E-state index contributed by atoms with van der Waals surface area (Å²) in [5.41, 5.74) is 2.04. The summed E-state index contributed by atoms with van der Waals surface area (Å²) in [5, 5.41) is 12.9. The monoisotopic (exact) mass is 217 g/mol. The number of aromatic nitrogens is 3. The molecule has 0 saturated carbocycles. The molecule has 0 unspecified atom stereocenters. The maximum absolute atomic E-state index is 11.0. The number of carboxylic acid groups (broad SMARTS) is 1. The van der Waals surface area contributed by atoms with Crippen LogP contribution in [0.3, 0.4) is 0 Å². The Kier molecular flexibility index (Phi) is 2.44. The van der Waals surface area contributed by atoms with Crippen molar-refractivity contribution in [3.8, 4) is 11.3 Å². The molecule has 1 N–H and O–H groups in total. The number of hydrogen-bond acceptors (Lipinski definition) is 3. The summed E-state index contributed by atoms with van der Waals surface area (Å²) in [6.07, 6.45) is 1.66. The maximum Gasteiger partial charge on any atom is 0.357 e. The van der Waals surface area contributed by atoms with Gasteiger partial charge in [-0.25, -0.2) is 4.79 Å². The molecule has 5 nitrogen and oxygen atoms in total. The second-order valence-electron chi connectivity index (χ2n) is 3.53. The van der Waals surface area contributed by atoms with Crippen LogP contribution in [0.25, 0.3) is 11.3 Å². The molecule has 0 spiro atoms. The second kappa shape index (κ2) is 3.77. The van der Waals surface area contributed by atoms with E-state index in [0.717, 1.165) is 5.69 Å². The van der Waals surface area contributed by atoms with Crippen LogP contribution in [-0.4, -0.2) is 25.8 Å². The lowest BCUT2D eigenvalue weighted by Crippen LogP contribution is -2.01. The van der Waals surface area contributed by atoms with Crippen molar-refractivity contribution in [2.24, 2.45) is 7.05 Å². The number of hydrogen-bond donors (Lipinski definition) is 1. The molecule has 0 radical (unpaired) electrons. The van der Waals surface area contributed by atoms with Crippen molar-refractivity contribution in [2.45, 2.75) is 6.92 Å². The van der Waals surface area contributed by atoms with Gasteiger partial charge in [-0.15, -0.1) is 0 Å². The van der Waals surface area contributed by atoms with Gasteiger partial charge in [0.05, 0.1) is 11.3 Å². The molecule has 0 fully saturated rings. The molecular formula is C11H11N3O2. The number of carbonyl (C=O) groups is 1. The fourth-order valence-corrected chi connectivity index (χ4v) is 1.53. The smallest absolute Gasteiger partial charge is 0.357 e. The van der Waals surface area contributed by atoms with Gasteiger partial charge in [0.2, 0.25) is 0 Å². The van der Waals surface area contributed by atoms with Crippen LogP contribution >= 0.6 is 0 Å². The Balaban J connectivity index is 2.59. The molecule has 2 aromatic heterocycles. The Hall–Kier alpha value is -2.17. The van der Waals surface area contributed by atoms with Gasteiger partial charge in [-0.2, -0.15) is 5.10 Å². The van der Waals surface area contributed by atoms with Crippen LogP contribution in [0.4, 0.5) is 0 Å². The molecule has 0 aliphatic carbocycles. The van der Waals surface area contributed by atoms with Crippen molar-refractivity contribution in [1.29, 1.82) is 0 Å².